The first-order valence-corrected chi connectivity index (χ1v) is 7.50. The minimum absolute atomic E-state index is 0.763. The molecule has 0 N–H and O–H groups in total. The molecule has 0 fully saturated rings. The molecule has 0 aliphatic heterocycles. The Morgan fingerprint density at radius 2 is 1.95 bits per heavy atom. The third-order valence-electron chi connectivity index (χ3n) is 3.41. The van der Waals surface area contributed by atoms with E-state index in [0.717, 1.165) is 23.4 Å². The Bertz CT molecular complexity index is 742. The average molecular weight is 281 g/mol. The van der Waals surface area contributed by atoms with E-state index in [4.69, 9.17) is 0 Å². The van der Waals surface area contributed by atoms with E-state index in [-0.39, 0.29) is 0 Å². The molecular formula is C17H15NOS. The van der Waals surface area contributed by atoms with Crippen molar-refractivity contribution >= 4 is 39.8 Å². The number of benzene rings is 2. The second-order valence-electron chi connectivity index (χ2n) is 4.57. The van der Waals surface area contributed by atoms with Gasteiger partial charge in [0.15, 0.2) is 6.29 Å². The van der Waals surface area contributed by atoms with Gasteiger partial charge in [-0.1, -0.05) is 36.4 Å². The van der Waals surface area contributed by atoms with Crippen molar-refractivity contribution in [2.45, 2.75) is 6.92 Å². The second-order valence-corrected chi connectivity index (χ2v) is 5.51. The number of thiophene rings is 1. The van der Waals surface area contributed by atoms with Crippen molar-refractivity contribution in [3.05, 3.63) is 58.8 Å². The fraction of sp³-hybridized carbons (Fsp3) is 0.118. The van der Waals surface area contributed by atoms with E-state index in [2.05, 4.69) is 54.3 Å². The molecule has 0 amide bonds. The Kier molecular flexibility index (Phi) is 3.52. The van der Waals surface area contributed by atoms with Gasteiger partial charge in [0.1, 0.15) is 0 Å². The number of fused-ring (bicyclic) bond motifs is 1. The molecule has 0 saturated carbocycles. The van der Waals surface area contributed by atoms with E-state index in [1.807, 2.05) is 11.4 Å². The lowest BCUT2D eigenvalue weighted by Crippen LogP contribution is -2.15. The van der Waals surface area contributed by atoms with Crippen LogP contribution in [0.2, 0.25) is 0 Å². The first-order chi connectivity index (χ1) is 9.83. The van der Waals surface area contributed by atoms with Gasteiger partial charge in [-0.25, -0.2) is 0 Å². The Balaban J connectivity index is 2.13. The number of aldehydes is 1. The number of hydrogen-bond acceptors (Lipinski definition) is 3. The zero-order chi connectivity index (χ0) is 13.9. The van der Waals surface area contributed by atoms with Crippen LogP contribution in [-0.4, -0.2) is 12.8 Å². The van der Waals surface area contributed by atoms with Gasteiger partial charge >= 0.3 is 0 Å². The fourth-order valence-electron chi connectivity index (χ4n) is 2.48. The Labute approximate surface area is 122 Å². The van der Waals surface area contributed by atoms with Gasteiger partial charge in [0.25, 0.3) is 0 Å². The average Bonchev–Trinajstić information content (AvgIpc) is 2.97. The van der Waals surface area contributed by atoms with E-state index < -0.39 is 0 Å². The van der Waals surface area contributed by atoms with Crippen LogP contribution in [0.15, 0.2) is 53.9 Å². The van der Waals surface area contributed by atoms with E-state index in [0.29, 0.717) is 0 Å². The van der Waals surface area contributed by atoms with Gasteiger partial charge in [-0.3, -0.25) is 4.79 Å². The second kappa shape index (κ2) is 5.47. The van der Waals surface area contributed by atoms with Gasteiger partial charge in [-0.2, -0.15) is 0 Å². The summed E-state index contributed by atoms with van der Waals surface area (Å²) in [7, 11) is 0. The molecule has 3 aromatic rings. The molecule has 0 atom stereocenters. The minimum atomic E-state index is 0.763. The molecule has 0 bridgehead atoms. The van der Waals surface area contributed by atoms with Crippen molar-refractivity contribution in [1.82, 2.24) is 0 Å². The predicted octanol–water partition coefficient (Wildman–Crippen LogP) is 4.87. The summed E-state index contributed by atoms with van der Waals surface area (Å²) < 4.78 is 0. The molecule has 0 aliphatic carbocycles. The zero-order valence-corrected chi connectivity index (χ0v) is 12.1. The third-order valence-corrected chi connectivity index (χ3v) is 4.25. The van der Waals surface area contributed by atoms with Gasteiger partial charge in [0.2, 0.25) is 0 Å². The van der Waals surface area contributed by atoms with Crippen molar-refractivity contribution < 1.29 is 4.79 Å². The van der Waals surface area contributed by atoms with E-state index in [1.165, 1.54) is 27.8 Å². The highest BCUT2D eigenvalue weighted by Crippen LogP contribution is 2.34. The Morgan fingerprint density at radius 1 is 1.15 bits per heavy atom. The Hall–Kier alpha value is -2.13. The molecule has 20 heavy (non-hydrogen) atoms. The van der Waals surface area contributed by atoms with Crippen LogP contribution in [0.3, 0.4) is 0 Å². The van der Waals surface area contributed by atoms with Crippen LogP contribution in [-0.2, 0) is 0 Å². The van der Waals surface area contributed by atoms with E-state index in [1.54, 1.807) is 0 Å². The number of nitrogens with zero attached hydrogens (tertiary/aromatic N) is 1. The molecule has 0 spiro atoms. The summed E-state index contributed by atoms with van der Waals surface area (Å²) in [4.78, 5) is 13.9. The summed E-state index contributed by atoms with van der Waals surface area (Å²) in [5.41, 5.74) is 2.26. The molecule has 3 heteroatoms. The summed E-state index contributed by atoms with van der Waals surface area (Å²) >= 11 is 1.48. The molecule has 0 radical (unpaired) electrons. The molecule has 1 aromatic heterocycles. The van der Waals surface area contributed by atoms with Crippen LogP contribution < -0.4 is 4.90 Å². The molecule has 3 rings (SSSR count). The predicted molar refractivity (Wildman–Crippen MR) is 86.3 cm³/mol. The molecular weight excluding hydrogens is 266 g/mol. The molecule has 0 unspecified atom stereocenters. The minimum Gasteiger partial charge on any atom is -0.341 e. The van der Waals surface area contributed by atoms with Crippen LogP contribution in [0.5, 0.6) is 0 Å². The molecule has 1 heterocycles. The van der Waals surface area contributed by atoms with Gasteiger partial charge in [-0.05, 0) is 24.4 Å². The topological polar surface area (TPSA) is 20.3 Å². The largest absolute Gasteiger partial charge is 0.341 e. The first-order valence-electron chi connectivity index (χ1n) is 6.62. The summed E-state index contributed by atoms with van der Waals surface area (Å²) in [6.45, 7) is 2.99. The summed E-state index contributed by atoms with van der Waals surface area (Å²) in [6, 6.07) is 16.6. The van der Waals surface area contributed by atoms with Crippen molar-refractivity contribution in [2.24, 2.45) is 0 Å². The quantitative estimate of drug-likeness (QED) is 0.636. The highest BCUT2D eigenvalue weighted by atomic mass is 32.1. The molecule has 0 aliphatic rings. The summed E-state index contributed by atoms with van der Waals surface area (Å²) in [5.74, 6) is 0. The number of carbonyl (C=O) groups excluding carboxylic acids is 1. The summed E-state index contributed by atoms with van der Waals surface area (Å²) in [6.07, 6.45) is 0.908. The van der Waals surface area contributed by atoms with Gasteiger partial charge in [0, 0.05) is 23.0 Å². The SMILES string of the molecule is CCN(c1csc(C=O)c1)c1cccc2ccccc12. The van der Waals surface area contributed by atoms with Crippen LogP contribution in [0.1, 0.15) is 16.6 Å². The smallest absolute Gasteiger partial charge is 0.160 e. The number of rotatable bonds is 4. The third kappa shape index (κ3) is 2.21. The Morgan fingerprint density at radius 3 is 2.70 bits per heavy atom. The number of anilines is 2. The van der Waals surface area contributed by atoms with Gasteiger partial charge in [-0.15, -0.1) is 11.3 Å². The van der Waals surface area contributed by atoms with E-state index >= 15 is 0 Å². The van der Waals surface area contributed by atoms with Crippen molar-refractivity contribution in [2.75, 3.05) is 11.4 Å². The van der Waals surface area contributed by atoms with Crippen LogP contribution in [0.25, 0.3) is 10.8 Å². The van der Waals surface area contributed by atoms with Gasteiger partial charge < -0.3 is 4.90 Å². The lowest BCUT2D eigenvalue weighted by atomic mass is 10.1. The zero-order valence-electron chi connectivity index (χ0n) is 11.2. The molecule has 0 saturated heterocycles. The van der Waals surface area contributed by atoms with Crippen LogP contribution in [0, 0.1) is 0 Å². The fourth-order valence-corrected chi connectivity index (χ4v) is 3.18. The van der Waals surface area contributed by atoms with E-state index in [9.17, 15) is 4.79 Å². The number of hydrogen-bond donors (Lipinski definition) is 0. The molecule has 2 nitrogen and oxygen atoms in total. The maximum Gasteiger partial charge on any atom is 0.160 e. The van der Waals surface area contributed by atoms with Gasteiger partial charge in [0.05, 0.1) is 10.6 Å². The summed E-state index contributed by atoms with van der Waals surface area (Å²) in [5, 5.41) is 4.50. The van der Waals surface area contributed by atoms with Crippen molar-refractivity contribution in [1.29, 1.82) is 0 Å². The van der Waals surface area contributed by atoms with Crippen LogP contribution >= 0.6 is 11.3 Å². The molecule has 2 aromatic carbocycles. The van der Waals surface area contributed by atoms with Crippen molar-refractivity contribution in [3.63, 3.8) is 0 Å². The highest BCUT2D eigenvalue weighted by Gasteiger charge is 2.12. The lowest BCUT2D eigenvalue weighted by molar-refractivity contribution is 0.112. The number of carbonyl (C=O) groups is 1. The monoisotopic (exact) mass is 281 g/mol. The lowest BCUT2D eigenvalue weighted by Gasteiger charge is -2.23. The maximum absolute atomic E-state index is 10.9. The van der Waals surface area contributed by atoms with Crippen LogP contribution in [0.4, 0.5) is 11.4 Å². The first kappa shape index (κ1) is 12.9. The standard InChI is InChI=1S/C17H15NOS/c1-2-18(14-10-15(11-19)20-12-14)17-9-5-7-13-6-3-4-8-16(13)17/h3-12H,2H2,1H3. The highest BCUT2D eigenvalue weighted by molar-refractivity contribution is 7.12. The maximum atomic E-state index is 10.9. The molecule has 100 valence electrons. The van der Waals surface area contributed by atoms with Crippen molar-refractivity contribution in [3.8, 4) is 0 Å². The normalized spacial score (nSPS) is 10.7.